The molecule has 0 saturated heterocycles. The minimum atomic E-state index is -0.794. The number of rotatable bonds is 4. The van der Waals surface area contributed by atoms with Crippen molar-refractivity contribution in [3.8, 4) is 0 Å². The van der Waals surface area contributed by atoms with Crippen molar-refractivity contribution >= 4 is 17.9 Å². The lowest BCUT2D eigenvalue weighted by molar-refractivity contribution is -0.110. The first kappa shape index (κ1) is 15.7. The third kappa shape index (κ3) is 4.15. The van der Waals surface area contributed by atoms with Crippen LogP contribution in [0, 0.1) is 23.3 Å². The Morgan fingerprint density at radius 3 is 1.50 bits per heavy atom. The highest BCUT2D eigenvalue weighted by molar-refractivity contribution is 6.04. The van der Waals surface area contributed by atoms with Crippen LogP contribution in [0.3, 0.4) is 0 Å². The molecule has 0 spiro atoms. The average molecular weight is 306 g/mol. The Labute approximate surface area is 124 Å². The SMILES string of the molecule is O=C(/C=C/c1ccc(F)cc1F)/C=C/c1ccc(F)cc1F. The van der Waals surface area contributed by atoms with Crippen LogP contribution in [0.1, 0.15) is 11.1 Å². The zero-order valence-corrected chi connectivity index (χ0v) is 11.2. The molecule has 0 unspecified atom stereocenters. The van der Waals surface area contributed by atoms with Gasteiger partial charge in [0.2, 0.25) is 0 Å². The molecule has 112 valence electrons. The van der Waals surface area contributed by atoms with Gasteiger partial charge in [-0.1, -0.05) is 0 Å². The number of carbonyl (C=O) groups is 1. The molecular formula is C17H10F4O. The van der Waals surface area contributed by atoms with E-state index in [1.54, 1.807) is 0 Å². The Morgan fingerprint density at radius 1 is 0.727 bits per heavy atom. The molecule has 2 rings (SSSR count). The molecule has 5 heteroatoms. The first-order valence-corrected chi connectivity index (χ1v) is 6.26. The number of ketones is 1. The van der Waals surface area contributed by atoms with Crippen LogP contribution < -0.4 is 0 Å². The molecule has 22 heavy (non-hydrogen) atoms. The lowest BCUT2D eigenvalue weighted by Crippen LogP contribution is -1.89. The highest BCUT2D eigenvalue weighted by atomic mass is 19.1. The van der Waals surface area contributed by atoms with Crippen molar-refractivity contribution < 1.29 is 22.4 Å². The number of allylic oxidation sites excluding steroid dienone is 2. The number of hydrogen-bond acceptors (Lipinski definition) is 1. The van der Waals surface area contributed by atoms with Crippen LogP contribution in [-0.4, -0.2) is 5.78 Å². The van der Waals surface area contributed by atoms with Gasteiger partial charge in [-0.05, 0) is 48.6 Å². The summed E-state index contributed by atoms with van der Waals surface area (Å²) < 4.78 is 52.1. The summed E-state index contributed by atoms with van der Waals surface area (Å²) in [6.07, 6.45) is 4.49. The fourth-order valence-corrected chi connectivity index (χ4v) is 1.67. The van der Waals surface area contributed by atoms with Crippen molar-refractivity contribution in [2.45, 2.75) is 0 Å². The Hall–Kier alpha value is -2.69. The zero-order valence-electron chi connectivity index (χ0n) is 11.2. The van der Waals surface area contributed by atoms with Crippen molar-refractivity contribution in [3.05, 3.63) is 82.9 Å². The lowest BCUT2D eigenvalue weighted by atomic mass is 10.1. The van der Waals surface area contributed by atoms with E-state index < -0.39 is 29.1 Å². The van der Waals surface area contributed by atoms with E-state index in [4.69, 9.17) is 0 Å². The summed E-state index contributed by atoms with van der Waals surface area (Å²) in [4.78, 5) is 11.6. The summed E-state index contributed by atoms with van der Waals surface area (Å²) in [6, 6.07) is 5.92. The van der Waals surface area contributed by atoms with Gasteiger partial charge in [0.15, 0.2) is 5.78 Å². The van der Waals surface area contributed by atoms with Gasteiger partial charge in [0.1, 0.15) is 23.3 Å². The molecule has 0 aromatic heterocycles. The second kappa shape index (κ2) is 6.85. The van der Waals surface area contributed by atoms with Gasteiger partial charge in [-0.3, -0.25) is 4.79 Å². The van der Waals surface area contributed by atoms with E-state index in [1.165, 1.54) is 24.3 Å². The molecule has 0 saturated carbocycles. The van der Waals surface area contributed by atoms with E-state index in [0.717, 1.165) is 24.3 Å². The fraction of sp³-hybridized carbons (Fsp3) is 0. The third-order valence-corrected chi connectivity index (χ3v) is 2.78. The fourth-order valence-electron chi connectivity index (χ4n) is 1.67. The first-order chi connectivity index (χ1) is 10.5. The van der Waals surface area contributed by atoms with E-state index in [9.17, 15) is 22.4 Å². The zero-order chi connectivity index (χ0) is 16.1. The van der Waals surface area contributed by atoms with E-state index in [2.05, 4.69) is 0 Å². The van der Waals surface area contributed by atoms with Crippen molar-refractivity contribution in [1.29, 1.82) is 0 Å². The second-order valence-corrected chi connectivity index (χ2v) is 4.40. The Balaban J connectivity index is 2.09. The van der Waals surface area contributed by atoms with Gasteiger partial charge >= 0.3 is 0 Å². The summed E-state index contributed by atoms with van der Waals surface area (Å²) in [7, 11) is 0. The minimum absolute atomic E-state index is 0.0520. The Kier molecular flexibility index (Phi) is 4.88. The normalized spacial score (nSPS) is 11.5. The van der Waals surface area contributed by atoms with Crippen LogP contribution in [0.4, 0.5) is 17.6 Å². The molecule has 1 nitrogen and oxygen atoms in total. The van der Waals surface area contributed by atoms with Gasteiger partial charge in [0.05, 0.1) is 0 Å². The summed E-state index contributed by atoms with van der Waals surface area (Å²) in [6.45, 7) is 0. The molecule has 0 amide bonds. The van der Waals surface area contributed by atoms with Gasteiger partial charge in [0, 0.05) is 23.3 Å². The van der Waals surface area contributed by atoms with Gasteiger partial charge in [-0.15, -0.1) is 0 Å². The maximum Gasteiger partial charge on any atom is 0.178 e. The summed E-state index contributed by atoms with van der Waals surface area (Å²) >= 11 is 0. The number of halogens is 4. The topological polar surface area (TPSA) is 17.1 Å². The second-order valence-electron chi connectivity index (χ2n) is 4.40. The third-order valence-electron chi connectivity index (χ3n) is 2.78. The lowest BCUT2D eigenvalue weighted by Gasteiger charge is -1.96. The summed E-state index contributed by atoms with van der Waals surface area (Å²) in [5.41, 5.74) is 0.104. The van der Waals surface area contributed by atoms with Gasteiger partial charge in [0.25, 0.3) is 0 Å². The van der Waals surface area contributed by atoms with Crippen LogP contribution in [0.15, 0.2) is 48.6 Å². The van der Waals surface area contributed by atoms with Crippen LogP contribution >= 0.6 is 0 Å². The Morgan fingerprint density at radius 2 is 1.14 bits per heavy atom. The highest BCUT2D eigenvalue weighted by Gasteiger charge is 2.02. The number of hydrogen-bond donors (Lipinski definition) is 0. The first-order valence-electron chi connectivity index (χ1n) is 6.26. The molecular weight excluding hydrogens is 296 g/mol. The predicted octanol–water partition coefficient (Wildman–Crippen LogP) is 4.54. The molecule has 0 N–H and O–H groups in total. The highest BCUT2D eigenvalue weighted by Crippen LogP contribution is 2.13. The van der Waals surface area contributed by atoms with E-state index >= 15 is 0 Å². The summed E-state index contributed by atoms with van der Waals surface area (Å²) in [5, 5.41) is 0. The van der Waals surface area contributed by atoms with Gasteiger partial charge in [-0.2, -0.15) is 0 Å². The Bertz CT molecular complexity index is 700. The van der Waals surface area contributed by atoms with Crippen LogP contribution in [0.25, 0.3) is 12.2 Å². The van der Waals surface area contributed by atoms with Gasteiger partial charge in [-0.25, -0.2) is 17.6 Å². The predicted molar refractivity (Wildman–Crippen MR) is 75.8 cm³/mol. The number of benzene rings is 2. The molecule has 2 aromatic rings. The quantitative estimate of drug-likeness (QED) is 0.599. The van der Waals surface area contributed by atoms with Gasteiger partial charge < -0.3 is 0 Å². The van der Waals surface area contributed by atoms with E-state index in [1.807, 2.05) is 0 Å². The molecule has 0 aliphatic heterocycles. The standard InChI is InChI=1S/C17H10F4O/c18-13-5-1-11(16(20)9-13)3-7-15(22)8-4-12-2-6-14(19)10-17(12)21/h1-10H/b7-3+,8-4+. The molecule has 0 radical (unpaired) electrons. The maximum absolute atomic E-state index is 13.3. The molecule has 0 aliphatic rings. The van der Waals surface area contributed by atoms with Crippen molar-refractivity contribution in [2.75, 3.05) is 0 Å². The monoisotopic (exact) mass is 306 g/mol. The van der Waals surface area contributed by atoms with Crippen molar-refractivity contribution in [2.24, 2.45) is 0 Å². The minimum Gasteiger partial charge on any atom is -0.290 e. The van der Waals surface area contributed by atoms with Crippen LogP contribution in [0.2, 0.25) is 0 Å². The molecule has 0 heterocycles. The molecule has 0 bridgehead atoms. The van der Waals surface area contributed by atoms with Crippen LogP contribution in [-0.2, 0) is 4.79 Å². The molecule has 0 aliphatic carbocycles. The smallest absolute Gasteiger partial charge is 0.178 e. The average Bonchev–Trinajstić information content (AvgIpc) is 2.45. The van der Waals surface area contributed by atoms with Crippen LogP contribution in [0.5, 0.6) is 0 Å². The maximum atomic E-state index is 13.3. The van der Waals surface area contributed by atoms with E-state index in [-0.39, 0.29) is 11.1 Å². The summed E-state index contributed by atoms with van der Waals surface area (Å²) in [5.74, 6) is -3.54. The molecule has 0 atom stereocenters. The van der Waals surface area contributed by atoms with Crippen molar-refractivity contribution in [3.63, 3.8) is 0 Å². The van der Waals surface area contributed by atoms with E-state index in [0.29, 0.717) is 12.1 Å². The largest absolute Gasteiger partial charge is 0.290 e. The molecule has 0 fully saturated rings. The number of carbonyl (C=O) groups excluding carboxylic acids is 1. The van der Waals surface area contributed by atoms with Crippen molar-refractivity contribution in [1.82, 2.24) is 0 Å². The molecule has 2 aromatic carbocycles.